The Bertz CT molecular complexity index is 520. The average molecular weight is 312 g/mol. The fourth-order valence-electron chi connectivity index (χ4n) is 2.28. The van der Waals surface area contributed by atoms with Gasteiger partial charge < -0.3 is 15.0 Å². The summed E-state index contributed by atoms with van der Waals surface area (Å²) in [6, 6.07) is 3.50. The predicted molar refractivity (Wildman–Crippen MR) is 84.0 cm³/mol. The lowest BCUT2D eigenvalue weighted by molar-refractivity contribution is -0.0765. The highest BCUT2D eigenvalue weighted by atomic mass is 35.5. The molecule has 0 aliphatic carbocycles. The van der Waals surface area contributed by atoms with Crippen molar-refractivity contribution in [2.75, 3.05) is 31.6 Å². The first-order valence-corrected chi connectivity index (χ1v) is 7.64. The van der Waals surface area contributed by atoms with Crippen molar-refractivity contribution < 1.29 is 9.53 Å². The Morgan fingerprint density at radius 2 is 2.29 bits per heavy atom. The quantitative estimate of drug-likeness (QED) is 0.929. The maximum atomic E-state index is 12.6. The van der Waals surface area contributed by atoms with Crippen molar-refractivity contribution in [2.45, 2.75) is 32.8 Å². The molecule has 1 amide bonds. The minimum Gasteiger partial charge on any atom is -0.372 e. The number of hydrogen-bond acceptors (Lipinski definition) is 4. The summed E-state index contributed by atoms with van der Waals surface area (Å²) in [5, 5.41) is 3.55. The van der Waals surface area contributed by atoms with Gasteiger partial charge in [-0.2, -0.15) is 0 Å². The Balaban J connectivity index is 2.17. The van der Waals surface area contributed by atoms with Crippen LogP contribution in [0, 0.1) is 0 Å². The molecule has 0 unspecified atom stereocenters. The van der Waals surface area contributed by atoms with Gasteiger partial charge in [-0.15, -0.1) is 0 Å². The zero-order valence-electron chi connectivity index (χ0n) is 12.8. The fourth-order valence-corrected chi connectivity index (χ4v) is 2.47. The average Bonchev–Trinajstić information content (AvgIpc) is 2.44. The van der Waals surface area contributed by atoms with Crippen molar-refractivity contribution in [1.29, 1.82) is 0 Å². The summed E-state index contributed by atoms with van der Waals surface area (Å²) in [4.78, 5) is 18.7. The summed E-state index contributed by atoms with van der Waals surface area (Å²) in [6.07, 6.45) is 0.991. The van der Waals surface area contributed by atoms with Crippen LogP contribution in [0.5, 0.6) is 0 Å². The predicted octanol–water partition coefficient (Wildman–Crippen LogP) is 2.81. The number of rotatable bonds is 4. The van der Waals surface area contributed by atoms with Gasteiger partial charge in [0.05, 0.1) is 17.2 Å². The lowest BCUT2D eigenvalue weighted by Gasteiger charge is -2.38. The first kappa shape index (κ1) is 16.0. The number of aromatic nitrogens is 1. The highest BCUT2D eigenvalue weighted by Gasteiger charge is 2.31. The van der Waals surface area contributed by atoms with Gasteiger partial charge in [0.2, 0.25) is 0 Å². The van der Waals surface area contributed by atoms with E-state index in [1.54, 1.807) is 17.0 Å². The molecule has 2 heterocycles. The van der Waals surface area contributed by atoms with Crippen LogP contribution < -0.4 is 5.32 Å². The number of morpholine rings is 1. The molecule has 0 bridgehead atoms. The molecule has 1 N–H and O–H groups in total. The van der Waals surface area contributed by atoms with E-state index in [0.29, 0.717) is 36.2 Å². The number of pyridine rings is 1. The van der Waals surface area contributed by atoms with E-state index in [9.17, 15) is 4.79 Å². The molecular weight excluding hydrogens is 290 g/mol. The Kier molecular flexibility index (Phi) is 5.06. The van der Waals surface area contributed by atoms with Gasteiger partial charge in [-0.05, 0) is 32.4 Å². The van der Waals surface area contributed by atoms with Gasteiger partial charge >= 0.3 is 0 Å². The van der Waals surface area contributed by atoms with E-state index >= 15 is 0 Å². The third-order valence-electron chi connectivity index (χ3n) is 3.32. The summed E-state index contributed by atoms with van der Waals surface area (Å²) in [5.74, 6) is 0.536. The number of nitrogens with zero attached hydrogens (tertiary/aromatic N) is 2. The second kappa shape index (κ2) is 6.62. The third-order valence-corrected chi connectivity index (χ3v) is 3.62. The summed E-state index contributed by atoms with van der Waals surface area (Å²) < 4.78 is 5.63. The molecule has 1 aromatic heterocycles. The molecule has 0 atom stereocenters. The van der Waals surface area contributed by atoms with Crippen molar-refractivity contribution in [3.8, 4) is 0 Å². The largest absolute Gasteiger partial charge is 0.372 e. The van der Waals surface area contributed by atoms with E-state index in [1.807, 2.05) is 13.8 Å². The van der Waals surface area contributed by atoms with Crippen LogP contribution in [0.15, 0.2) is 12.1 Å². The smallest absolute Gasteiger partial charge is 0.274 e. The number of hydrogen-bond donors (Lipinski definition) is 1. The molecule has 0 spiro atoms. The summed E-state index contributed by atoms with van der Waals surface area (Å²) in [7, 11) is 0. The molecule has 2 rings (SSSR count). The summed E-state index contributed by atoms with van der Waals surface area (Å²) in [6.45, 7) is 8.46. The molecule has 116 valence electrons. The van der Waals surface area contributed by atoms with Crippen molar-refractivity contribution in [3.63, 3.8) is 0 Å². The second-order valence-corrected chi connectivity index (χ2v) is 6.20. The van der Waals surface area contributed by atoms with Crippen LogP contribution >= 0.6 is 11.6 Å². The molecule has 21 heavy (non-hydrogen) atoms. The van der Waals surface area contributed by atoms with Gasteiger partial charge in [0.25, 0.3) is 5.91 Å². The zero-order valence-corrected chi connectivity index (χ0v) is 13.5. The molecule has 0 aromatic carbocycles. The maximum absolute atomic E-state index is 12.6. The van der Waals surface area contributed by atoms with Gasteiger partial charge in [-0.3, -0.25) is 4.79 Å². The van der Waals surface area contributed by atoms with Crippen LogP contribution in [0.2, 0.25) is 5.02 Å². The van der Waals surface area contributed by atoms with Gasteiger partial charge in [-0.25, -0.2) is 4.98 Å². The van der Waals surface area contributed by atoms with Gasteiger partial charge in [0.1, 0.15) is 11.5 Å². The van der Waals surface area contributed by atoms with E-state index in [1.165, 1.54) is 0 Å². The number of carbonyl (C=O) groups is 1. The first-order chi connectivity index (χ1) is 9.93. The number of amides is 1. The van der Waals surface area contributed by atoms with E-state index in [2.05, 4.69) is 17.2 Å². The van der Waals surface area contributed by atoms with Crippen LogP contribution in [-0.4, -0.2) is 47.6 Å². The van der Waals surface area contributed by atoms with Crippen LogP contribution in [-0.2, 0) is 4.74 Å². The van der Waals surface area contributed by atoms with Crippen LogP contribution in [0.1, 0.15) is 37.7 Å². The first-order valence-electron chi connectivity index (χ1n) is 7.26. The van der Waals surface area contributed by atoms with Gasteiger partial charge in [0, 0.05) is 19.6 Å². The zero-order chi connectivity index (χ0) is 15.5. The number of carbonyl (C=O) groups excluding carboxylic acids is 1. The van der Waals surface area contributed by atoms with E-state index < -0.39 is 0 Å². The highest BCUT2D eigenvalue weighted by molar-refractivity contribution is 6.33. The molecule has 6 heteroatoms. The molecule has 0 radical (unpaired) electrons. The summed E-state index contributed by atoms with van der Waals surface area (Å²) in [5.41, 5.74) is -0.0335. The van der Waals surface area contributed by atoms with Gasteiger partial charge in [-0.1, -0.05) is 18.5 Å². The van der Waals surface area contributed by atoms with Gasteiger partial charge in [0.15, 0.2) is 0 Å². The monoisotopic (exact) mass is 311 g/mol. The minimum atomic E-state index is -0.335. The molecule has 1 aliphatic rings. The Hall–Kier alpha value is -1.33. The second-order valence-electron chi connectivity index (χ2n) is 5.79. The van der Waals surface area contributed by atoms with E-state index in [-0.39, 0.29) is 11.5 Å². The number of anilines is 1. The number of ether oxygens (including phenoxy) is 1. The van der Waals surface area contributed by atoms with Crippen LogP contribution in [0.25, 0.3) is 0 Å². The minimum absolute atomic E-state index is 0.142. The Labute approximate surface area is 130 Å². The topological polar surface area (TPSA) is 54.5 Å². The highest BCUT2D eigenvalue weighted by Crippen LogP contribution is 2.22. The van der Waals surface area contributed by atoms with Crippen molar-refractivity contribution in [3.05, 3.63) is 22.8 Å². The molecule has 1 aliphatic heterocycles. The van der Waals surface area contributed by atoms with Crippen molar-refractivity contribution >= 4 is 23.3 Å². The van der Waals surface area contributed by atoms with E-state index in [0.717, 1.165) is 13.0 Å². The molecule has 1 fully saturated rings. The molecule has 0 saturated carbocycles. The van der Waals surface area contributed by atoms with Crippen molar-refractivity contribution in [1.82, 2.24) is 9.88 Å². The standard InChI is InChI=1S/C15H22ClN3O2/c1-4-7-17-12-6-5-11(16)13(18-12)14(20)19-8-9-21-15(2,3)10-19/h5-6H,4,7-10H2,1-3H3,(H,17,18). The number of nitrogens with one attached hydrogen (secondary N) is 1. The lowest BCUT2D eigenvalue weighted by atomic mass is 10.1. The third kappa shape index (κ3) is 4.08. The van der Waals surface area contributed by atoms with Crippen LogP contribution in [0.3, 0.4) is 0 Å². The SMILES string of the molecule is CCCNc1ccc(Cl)c(C(=O)N2CCOC(C)(C)C2)n1. The molecule has 1 aromatic rings. The maximum Gasteiger partial charge on any atom is 0.274 e. The lowest BCUT2D eigenvalue weighted by Crippen LogP contribution is -2.50. The van der Waals surface area contributed by atoms with E-state index in [4.69, 9.17) is 16.3 Å². The normalized spacial score (nSPS) is 17.6. The number of halogens is 1. The molecule has 1 saturated heterocycles. The molecular formula is C15H22ClN3O2. The fraction of sp³-hybridized carbons (Fsp3) is 0.600. The van der Waals surface area contributed by atoms with Crippen molar-refractivity contribution in [2.24, 2.45) is 0 Å². The Morgan fingerprint density at radius 3 is 2.95 bits per heavy atom. The van der Waals surface area contributed by atoms with Crippen LogP contribution in [0.4, 0.5) is 5.82 Å². The Morgan fingerprint density at radius 1 is 1.52 bits per heavy atom. The summed E-state index contributed by atoms with van der Waals surface area (Å²) >= 11 is 6.15. The molecule has 5 nitrogen and oxygen atoms in total.